The number of benzene rings is 1. The molecule has 0 spiro atoms. The minimum atomic E-state index is 0.135. The molecule has 0 fully saturated rings. The van der Waals surface area contributed by atoms with Gasteiger partial charge in [-0.1, -0.05) is 23.7 Å². The zero-order valence-corrected chi connectivity index (χ0v) is 10.3. The van der Waals surface area contributed by atoms with Crippen LogP contribution >= 0.6 is 23.8 Å². The van der Waals surface area contributed by atoms with Crippen LogP contribution < -0.4 is 11.2 Å². The molecular formula is C11H9ClN4S. The number of nitrogens with one attached hydrogen (secondary N) is 1. The SMILES string of the molecule is NC(=S)NN=Cc1ccc2cc(Cl)ncc2c1. The van der Waals surface area contributed by atoms with Crippen LogP contribution in [0.15, 0.2) is 35.6 Å². The molecule has 3 N–H and O–H groups in total. The van der Waals surface area contributed by atoms with Crippen molar-refractivity contribution in [1.29, 1.82) is 0 Å². The van der Waals surface area contributed by atoms with Crippen LogP contribution in [-0.4, -0.2) is 16.3 Å². The largest absolute Gasteiger partial charge is 0.375 e. The number of hydrogen-bond acceptors (Lipinski definition) is 3. The fourth-order valence-electron chi connectivity index (χ4n) is 1.38. The molecule has 1 aromatic carbocycles. The fraction of sp³-hybridized carbons (Fsp3) is 0. The number of fused-ring (bicyclic) bond motifs is 1. The van der Waals surface area contributed by atoms with E-state index in [1.54, 1.807) is 12.4 Å². The molecule has 86 valence electrons. The smallest absolute Gasteiger partial charge is 0.184 e. The maximum atomic E-state index is 5.80. The first-order valence-electron chi connectivity index (χ1n) is 4.79. The number of pyridine rings is 1. The summed E-state index contributed by atoms with van der Waals surface area (Å²) in [6.07, 6.45) is 3.35. The van der Waals surface area contributed by atoms with E-state index >= 15 is 0 Å². The van der Waals surface area contributed by atoms with Gasteiger partial charge in [0.2, 0.25) is 0 Å². The van der Waals surface area contributed by atoms with Gasteiger partial charge in [0.05, 0.1) is 6.21 Å². The van der Waals surface area contributed by atoms with E-state index in [-0.39, 0.29) is 5.11 Å². The summed E-state index contributed by atoms with van der Waals surface area (Å²) in [7, 11) is 0. The lowest BCUT2D eigenvalue weighted by molar-refractivity contribution is 1.04. The van der Waals surface area contributed by atoms with E-state index < -0.39 is 0 Å². The highest BCUT2D eigenvalue weighted by Gasteiger charge is 1.97. The van der Waals surface area contributed by atoms with Crippen LogP contribution in [0.3, 0.4) is 0 Å². The standard InChI is InChI=1S/C11H9ClN4S/c12-10-4-8-2-1-7(3-9(8)6-14-10)5-15-16-11(13)17/h1-6H,(H3,13,16,17). The van der Waals surface area contributed by atoms with Crippen LogP contribution in [0.5, 0.6) is 0 Å². The van der Waals surface area contributed by atoms with E-state index in [9.17, 15) is 0 Å². The third kappa shape index (κ3) is 3.12. The number of nitrogens with zero attached hydrogens (tertiary/aromatic N) is 2. The number of aromatic nitrogens is 1. The highest BCUT2D eigenvalue weighted by Crippen LogP contribution is 2.17. The molecule has 0 bridgehead atoms. The summed E-state index contributed by atoms with van der Waals surface area (Å²) < 4.78 is 0. The molecule has 0 radical (unpaired) electrons. The molecular weight excluding hydrogens is 256 g/mol. The molecule has 0 unspecified atom stereocenters. The van der Waals surface area contributed by atoms with Crippen LogP contribution in [0.25, 0.3) is 10.8 Å². The quantitative estimate of drug-likeness (QED) is 0.377. The van der Waals surface area contributed by atoms with Gasteiger partial charge in [0.15, 0.2) is 5.11 Å². The van der Waals surface area contributed by atoms with Crippen LogP contribution in [-0.2, 0) is 0 Å². The molecule has 6 heteroatoms. The first kappa shape index (κ1) is 11.8. The summed E-state index contributed by atoms with van der Waals surface area (Å²) in [6.45, 7) is 0. The van der Waals surface area contributed by atoms with E-state index in [0.29, 0.717) is 5.15 Å². The molecule has 0 saturated carbocycles. The van der Waals surface area contributed by atoms with Crippen LogP contribution in [0.4, 0.5) is 0 Å². The Morgan fingerprint density at radius 2 is 2.24 bits per heavy atom. The van der Waals surface area contributed by atoms with Gasteiger partial charge in [-0.3, -0.25) is 5.43 Å². The van der Waals surface area contributed by atoms with Gasteiger partial charge in [-0.25, -0.2) is 4.98 Å². The minimum absolute atomic E-state index is 0.135. The predicted molar refractivity (Wildman–Crippen MR) is 74.3 cm³/mol. The number of hydrogen-bond donors (Lipinski definition) is 2. The highest BCUT2D eigenvalue weighted by molar-refractivity contribution is 7.80. The van der Waals surface area contributed by atoms with Gasteiger partial charge in [-0.15, -0.1) is 0 Å². The molecule has 0 aliphatic heterocycles. The normalized spacial score (nSPS) is 10.9. The molecule has 1 heterocycles. The van der Waals surface area contributed by atoms with Gasteiger partial charge in [0.25, 0.3) is 0 Å². The lowest BCUT2D eigenvalue weighted by Gasteiger charge is -1.99. The Labute approximate surface area is 108 Å². The Morgan fingerprint density at radius 1 is 1.41 bits per heavy atom. The molecule has 4 nitrogen and oxygen atoms in total. The van der Waals surface area contributed by atoms with Crippen molar-refractivity contribution in [3.8, 4) is 0 Å². The van der Waals surface area contributed by atoms with E-state index in [2.05, 4.69) is 27.7 Å². The van der Waals surface area contributed by atoms with E-state index in [4.69, 9.17) is 17.3 Å². The number of halogens is 1. The van der Waals surface area contributed by atoms with Crippen molar-refractivity contribution in [2.24, 2.45) is 10.8 Å². The summed E-state index contributed by atoms with van der Waals surface area (Å²) in [5.41, 5.74) is 8.66. The monoisotopic (exact) mass is 264 g/mol. The van der Waals surface area contributed by atoms with E-state index in [1.807, 2.05) is 24.3 Å². The lowest BCUT2D eigenvalue weighted by Crippen LogP contribution is -2.23. The second-order valence-corrected chi connectivity index (χ2v) is 4.17. The molecule has 2 aromatic rings. The van der Waals surface area contributed by atoms with Gasteiger partial charge in [0, 0.05) is 11.6 Å². The maximum absolute atomic E-state index is 5.80. The lowest BCUT2D eigenvalue weighted by atomic mass is 10.1. The maximum Gasteiger partial charge on any atom is 0.184 e. The second-order valence-electron chi connectivity index (χ2n) is 3.35. The first-order valence-corrected chi connectivity index (χ1v) is 5.57. The molecule has 0 amide bonds. The van der Waals surface area contributed by atoms with Gasteiger partial charge in [0.1, 0.15) is 5.15 Å². The number of nitrogens with two attached hydrogens (primary N) is 1. The second kappa shape index (κ2) is 5.07. The number of rotatable bonds is 2. The summed E-state index contributed by atoms with van der Waals surface area (Å²) >= 11 is 10.4. The molecule has 0 aliphatic rings. The van der Waals surface area contributed by atoms with Crippen molar-refractivity contribution >= 4 is 45.9 Å². The van der Waals surface area contributed by atoms with Crippen molar-refractivity contribution in [1.82, 2.24) is 10.4 Å². The molecule has 0 atom stereocenters. The van der Waals surface area contributed by atoms with Gasteiger partial charge < -0.3 is 5.73 Å². The Bertz CT molecular complexity index is 597. The van der Waals surface area contributed by atoms with Crippen molar-refractivity contribution in [3.63, 3.8) is 0 Å². The van der Waals surface area contributed by atoms with Crippen LogP contribution in [0.2, 0.25) is 5.15 Å². The Hall–Kier alpha value is -1.72. The van der Waals surface area contributed by atoms with E-state index in [1.165, 1.54) is 0 Å². The fourth-order valence-corrected chi connectivity index (χ4v) is 1.60. The van der Waals surface area contributed by atoms with Crippen molar-refractivity contribution in [3.05, 3.63) is 41.2 Å². The van der Waals surface area contributed by atoms with Crippen LogP contribution in [0, 0.1) is 0 Å². The average Bonchev–Trinajstić information content (AvgIpc) is 2.29. The number of hydrazone groups is 1. The Morgan fingerprint density at radius 3 is 3.00 bits per heavy atom. The zero-order valence-electron chi connectivity index (χ0n) is 8.72. The van der Waals surface area contributed by atoms with Gasteiger partial charge in [-0.05, 0) is 35.3 Å². The minimum Gasteiger partial charge on any atom is -0.375 e. The van der Waals surface area contributed by atoms with Gasteiger partial charge in [-0.2, -0.15) is 5.10 Å². The molecule has 17 heavy (non-hydrogen) atoms. The van der Waals surface area contributed by atoms with E-state index in [0.717, 1.165) is 16.3 Å². The Kier molecular flexibility index (Phi) is 3.51. The summed E-state index contributed by atoms with van der Waals surface area (Å²) in [4.78, 5) is 4.02. The highest BCUT2D eigenvalue weighted by atomic mass is 35.5. The third-order valence-electron chi connectivity index (χ3n) is 2.10. The topological polar surface area (TPSA) is 63.3 Å². The van der Waals surface area contributed by atoms with Gasteiger partial charge >= 0.3 is 0 Å². The van der Waals surface area contributed by atoms with Crippen molar-refractivity contribution < 1.29 is 0 Å². The summed E-state index contributed by atoms with van der Waals surface area (Å²) in [5.74, 6) is 0. The molecule has 1 aromatic heterocycles. The molecule has 0 aliphatic carbocycles. The summed E-state index contributed by atoms with van der Waals surface area (Å²) in [6, 6.07) is 7.63. The Balaban J connectivity index is 2.29. The zero-order chi connectivity index (χ0) is 12.3. The molecule has 0 saturated heterocycles. The van der Waals surface area contributed by atoms with Crippen LogP contribution in [0.1, 0.15) is 5.56 Å². The predicted octanol–water partition coefficient (Wildman–Crippen LogP) is 2.06. The first-order chi connectivity index (χ1) is 8.15. The van der Waals surface area contributed by atoms with Crippen molar-refractivity contribution in [2.75, 3.05) is 0 Å². The van der Waals surface area contributed by atoms with Crippen molar-refractivity contribution in [2.45, 2.75) is 0 Å². The molecule has 2 rings (SSSR count). The third-order valence-corrected chi connectivity index (χ3v) is 2.40. The average molecular weight is 265 g/mol. The number of thiocarbonyl (C=S) groups is 1. The summed E-state index contributed by atoms with van der Waals surface area (Å²) in [5, 5.41) is 6.52.